The summed E-state index contributed by atoms with van der Waals surface area (Å²) >= 11 is 0. The highest BCUT2D eigenvalue weighted by Gasteiger charge is 2.25. The van der Waals surface area contributed by atoms with E-state index in [0.29, 0.717) is 6.42 Å². The van der Waals surface area contributed by atoms with Gasteiger partial charge in [-0.1, -0.05) is 60.7 Å². The van der Waals surface area contributed by atoms with Gasteiger partial charge >= 0.3 is 6.09 Å². The van der Waals surface area contributed by atoms with Crippen LogP contribution in [0.15, 0.2) is 60.7 Å². The fourth-order valence-electron chi connectivity index (χ4n) is 2.87. The minimum absolute atomic E-state index is 0.0615. The molecule has 0 radical (unpaired) electrons. The second-order valence-electron chi connectivity index (χ2n) is 7.99. The van der Waals surface area contributed by atoms with E-state index in [1.54, 1.807) is 20.8 Å². The van der Waals surface area contributed by atoms with E-state index in [1.807, 2.05) is 67.6 Å². The molecule has 2 rings (SSSR count). The molecule has 0 fully saturated rings. The predicted molar refractivity (Wildman–Crippen MR) is 111 cm³/mol. The molecule has 2 N–H and O–H groups in total. The minimum Gasteiger partial charge on any atom is -0.444 e. The molecule has 0 aliphatic heterocycles. The standard InChI is InChI=1S/C23H30N2O3/c1-17(15-18-11-7-5-8-12-18)24-21(26)20(16-19-13-9-6-10-14-19)25-22(27)28-23(2,3)4/h5-14,17,20H,15-16H2,1-4H3,(H,24,26)(H,25,27)/t17-,20-/m0/s1. The van der Waals surface area contributed by atoms with Crippen LogP contribution in [0.4, 0.5) is 4.79 Å². The molecular weight excluding hydrogens is 352 g/mol. The average molecular weight is 383 g/mol. The van der Waals surface area contributed by atoms with Crippen LogP contribution in [0, 0.1) is 0 Å². The summed E-state index contributed by atoms with van der Waals surface area (Å²) in [6, 6.07) is 18.8. The van der Waals surface area contributed by atoms with Crippen LogP contribution < -0.4 is 10.6 Å². The molecule has 2 atom stereocenters. The molecule has 2 amide bonds. The minimum atomic E-state index is -0.713. The topological polar surface area (TPSA) is 67.4 Å². The summed E-state index contributed by atoms with van der Waals surface area (Å²) in [6.07, 6.45) is 0.514. The average Bonchev–Trinajstić information content (AvgIpc) is 2.61. The summed E-state index contributed by atoms with van der Waals surface area (Å²) in [5.41, 5.74) is 1.49. The van der Waals surface area contributed by atoms with Crippen molar-refractivity contribution >= 4 is 12.0 Å². The van der Waals surface area contributed by atoms with Gasteiger partial charge in [-0.3, -0.25) is 4.79 Å². The number of ether oxygens (including phenoxy) is 1. The fraction of sp³-hybridized carbons (Fsp3) is 0.391. The van der Waals surface area contributed by atoms with E-state index in [0.717, 1.165) is 17.5 Å². The first-order valence-corrected chi connectivity index (χ1v) is 9.60. The lowest BCUT2D eigenvalue weighted by Crippen LogP contribution is -2.51. The number of carbonyl (C=O) groups excluding carboxylic acids is 2. The molecule has 2 aromatic rings. The van der Waals surface area contributed by atoms with Gasteiger partial charge in [0.15, 0.2) is 0 Å². The van der Waals surface area contributed by atoms with Gasteiger partial charge in [-0.25, -0.2) is 4.79 Å². The van der Waals surface area contributed by atoms with E-state index in [4.69, 9.17) is 4.74 Å². The van der Waals surface area contributed by atoms with E-state index in [2.05, 4.69) is 10.6 Å². The fourth-order valence-corrected chi connectivity index (χ4v) is 2.87. The Balaban J connectivity index is 2.03. The van der Waals surface area contributed by atoms with Crippen LogP contribution in [-0.4, -0.2) is 29.7 Å². The second kappa shape index (κ2) is 9.93. The zero-order valence-electron chi connectivity index (χ0n) is 17.1. The van der Waals surface area contributed by atoms with Crippen molar-refractivity contribution in [3.63, 3.8) is 0 Å². The van der Waals surface area contributed by atoms with E-state index >= 15 is 0 Å². The van der Waals surface area contributed by atoms with Crippen LogP contribution in [0.25, 0.3) is 0 Å². The summed E-state index contributed by atoms with van der Waals surface area (Å²) in [6.45, 7) is 7.33. The molecule has 0 saturated carbocycles. The van der Waals surface area contributed by atoms with Crippen molar-refractivity contribution in [3.8, 4) is 0 Å². The molecular formula is C23H30N2O3. The smallest absolute Gasteiger partial charge is 0.408 e. The third-order valence-corrected chi connectivity index (χ3v) is 4.06. The molecule has 150 valence electrons. The van der Waals surface area contributed by atoms with Crippen molar-refractivity contribution in [3.05, 3.63) is 71.8 Å². The Bertz CT molecular complexity index is 754. The van der Waals surface area contributed by atoms with Crippen LogP contribution >= 0.6 is 0 Å². The van der Waals surface area contributed by atoms with Crippen molar-refractivity contribution in [2.75, 3.05) is 0 Å². The van der Waals surface area contributed by atoms with Gasteiger partial charge < -0.3 is 15.4 Å². The van der Waals surface area contributed by atoms with Gasteiger partial charge in [-0.15, -0.1) is 0 Å². The Kier molecular flexibility index (Phi) is 7.61. The molecule has 0 saturated heterocycles. The molecule has 0 spiro atoms. The summed E-state index contributed by atoms with van der Waals surface area (Å²) in [5, 5.41) is 5.73. The molecule has 5 heteroatoms. The van der Waals surface area contributed by atoms with Crippen LogP contribution in [0.1, 0.15) is 38.8 Å². The molecule has 2 aromatic carbocycles. The molecule has 0 bridgehead atoms. The Morgan fingerprint density at radius 3 is 1.86 bits per heavy atom. The molecule has 28 heavy (non-hydrogen) atoms. The quantitative estimate of drug-likeness (QED) is 0.764. The van der Waals surface area contributed by atoms with Crippen molar-refractivity contribution in [2.24, 2.45) is 0 Å². The normalized spacial score (nSPS) is 13.3. The SMILES string of the molecule is C[C@@H](Cc1ccccc1)NC(=O)[C@H](Cc1ccccc1)NC(=O)OC(C)(C)C. The lowest BCUT2D eigenvalue weighted by molar-refractivity contribution is -0.123. The zero-order valence-corrected chi connectivity index (χ0v) is 17.1. The van der Waals surface area contributed by atoms with Crippen LogP contribution in [0.2, 0.25) is 0 Å². The maximum Gasteiger partial charge on any atom is 0.408 e. The van der Waals surface area contributed by atoms with Crippen molar-refractivity contribution in [1.29, 1.82) is 0 Å². The number of alkyl carbamates (subject to hydrolysis) is 1. The van der Waals surface area contributed by atoms with Gasteiger partial charge in [0.1, 0.15) is 11.6 Å². The predicted octanol–water partition coefficient (Wildman–Crippen LogP) is 3.87. The van der Waals surface area contributed by atoms with Crippen LogP contribution in [-0.2, 0) is 22.4 Å². The highest BCUT2D eigenvalue weighted by molar-refractivity contribution is 5.86. The molecule has 0 heterocycles. The van der Waals surface area contributed by atoms with E-state index in [1.165, 1.54) is 0 Å². The van der Waals surface area contributed by atoms with Crippen LogP contribution in [0.3, 0.4) is 0 Å². The van der Waals surface area contributed by atoms with E-state index < -0.39 is 17.7 Å². The highest BCUT2D eigenvalue weighted by Crippen LogP contribution is 2.09. The molecule has 0 aliphatic carbocycles. The van der Waals surface area contributed by atoms with E-state index in [-0.39, 0.29) is 11.9 Å². The maximum atomic E-state index is 12.9. The van der Waals surface area contributed by atoms with Gasteiger partial charge in [-0.05, 0) is 45.2 Å². The lowest BCUT2D eigenvalue weighted by atomic mass is 10.0. The monoisotopic (exact) mass is 382 g/mol. The van der Waals surface area contributed by atoms with Gasteiger partial charge in [0.2, 0.25) is 5.91 Å². The molecule has 0 unspecified atom stereocenters. The third-order valence-electron chi connectivity index (χ3n) is 4.06. The summed E-state index contributed by atoms with van der Waals surface area (Å²) < 4.78 is 5.33. The number of hydrogen-bond donors (Lipinski definition) is 2. The second-order valence-corrected chi connectivity index (χ2v) is 7.99. The first-order valence-electron chi connectivity index (χ1n) is 9.60. The number of amides is 2. The number of rotatable bonds is 7. The Labute approximate surface area is 167 Å². The summed E-state index contributed by atoms with van der Waals surface area (Å²) in [7, 11) is 0. The number of benzene rings is 2. The first kappa shape index (κ1) is 21.5. The molecule has 5 nitrogen and oxygen atoms in total. The number of carbonyl (C=O) groups is 2. The highest BCUT2D eigenvalue weighted by atomic mass is 16.6. The van der Waals surface area contributed by atoms with Gasteiger partial charge in [0.25, 0.3) is 0 Å². The summed E-state index contributed by atoms with van der Waals surface area (Å²) in [5.74, 6) is -0.224. The van der Waals surface area contributed by atoms with Crippen LogP contribution in [0.5, 0.6) is 0 Å². The lowest BCUT2D eigenvalue weighted by Gasteiger charge is -2.24. The maximum absolute atomic E-state index is 12.9. The number of nitrogens with one attached hydrogen (secondary N) is 2. The Morgan fingerprint density at radius 2 is 1.36 bits per heavy atom. The van der Waals surface area contributed by atoms with Crippen molar-refractivity contribution < 1.29 is 14.3 Å². The summed E-state index contributed by atoms with van der Waals surface area (Å²) in [4.78, 5) is 25.1. The van der Waals surface area contributed by atoms with Crippen molar-refractivity contribution in [1.82, 2.24) is 10.6 Å². The Morgan fingerprint density at radius 1 is 0.857 bits per heavy atom. The zero-order chi connectivity index (χ0) is 20.6. The first-order chi connectivity index (χ1) is 13.2. The van der Waals surface area contributed by atoms with Gasteiger partial charge in [0.05, 0.1) is 0 Å². The third kappa shape index (κ3) is 7.82. The van der Waals surface area contributed by atoms with Crippen molar-refractivity contribution in [2.45, 2.75) is 58.2 Å². The van der Waals surface area contributed by atoms with Gasteiger partial charge in [-0.2, -0.15) is 0 Å². The van der Waals surface area contributed by atoms with E-state index in [9.17, 15) is 9.59 Å². The Hall–Kier alpha value is -2.82. The molecule has 0 aliphatic rings. The largest absolute Gasteiger partial charge is 0.444 e. The number of hydrogen-bond acceptors (Lipinski definition) is 3. The molecule has 0 aromatic heterocycles. The van der Waals surface area contributed by atoms with Gasteiger partial charge in [0, 0.05) is 12.5 Å².